The second-order valence-corrected chi connectivity index (χ2v) is 2.52. The van der Waals surface area contributed by atoms with Crippen LogP contribution in [0.4, 0.5) is 0 Å². The third kappa shape index (κ3) is 1.09. The second kappa shape index (κ2) is 2.35. The van der Waals surface area contributed by atoms with E-state index in [1.165, 1.54) is 10.8 Å². The van der Waals surface area contributed by atoms with Crippen LogP contribution < -0.4 is 0 Å². The summed E-state index contributed by atoms with van der Waals surface area (Å²) in [6.45, 7) is 3.76. The maximum atomic E-state index is 4.10. The third-order valence-corrected chi connectivity index (χ3v) is 1.69. The van der Waals surface area contributed by atoms with E-state index in [1.807, 2.05) is 30.5 Å². The van der Waals surface area contributed by atoms with Gasteiger partial charge in [-0.25, -0.2) is 0 Å². The molecular formula is C10H8N. The summed E-state index contributed by atoms with van der Waals surface area (Å²) < 4.78 is 0. The monoisotopic (exact) mass is 142 g/mol. The Labute approximate surface area is 65.7 Å². The van der Waals surface area contributed by atoms with Crippen LogP contribution in [0.25, 0.3) is 10.8 Å². The van der Waals surface area contributed by atoms with E-state index in [2.05, 4.69) is 18.0 Å². The summed E-state index contributed by atoms with van der Waals surface area (Å²) in [5.41, 5.74) is 0.823. The number of pyridine rings is 1. The molecule has 2 rings (SSSR count). The minimum Gasteiger partial charge on any atom is -0.261 e. The zero-order chi connectivity index (χ0) is 7.68. The number of nitrogens with zero attached hydrogens (tertiary/aromatic N) is 1. The van der Waals surface area contributed by atoms with Gasteiger partial charge in [0.1, 0.15) is 0 Å². The molecule has 0 aliphatic heterocycles. The van der Waals surface area contributed by atoms with Gasteiger partial charge in [0.2, 0.25) is 0 Å². The highest BCUT2D eigenvalue weighted by atomic mass is 14.6. The Balaban J connectivity index is 2.83. The van der Waals surface area contributed by atoms with Crippen molar-refractivity contribution in [3.63, 3.8) is 0 Å². The predicted octanol–water partition coefficient (Wildman–Crippen LogP) is 2.42. The molecule has 0 spiro atoms. The van der Waals surface area contributed by atoms with Gasteiger partial charge in [-0.15, -0.1) is 0 Å². The van der Waals surface area contributed by atoms with E-state index in [9.17, 15) is 0 Å². The van der Waals surface area contributed by atoms with Crippen LogP contribution in [0.1, 0.15) is 5.69 Å². The molecule has 0 aliphatic rings. The molecule has 53 valence electrons. The largest absolute Gasteiger partial charge is 0.261 e. The van der Waals surface area contributed by atoms with Crippen LogP contribution in [0.15, 0.2) is 36.5 Å². The van der Waals surface area contributed by atoms with Crippen LogP contribution >= 0.6 is 0 Å². The lowest BCUT2D eigenvalue weighted by atomic mass is 10.1. The fraction of sp³-hybridized carbons (Fsp3) is 0. The number of rotatable bonds is 0. The quantitative estimate of drug-likeness (QED) is 0.550. The van der Waals surface area contributed by atoms with Crippen LogP contribution in [0, 0.1) is 6.92 Å². The highest BCUT2D eigenvalue weighted by Gasteiger charge is 1.90. The molecular weight excluding hydrogens is 134 g/mol. The first kappa shape index (κ1) is 6.35. The van der Waals surface area contributed by atoms with Crippen molar-refractivity contribution in [1.29, 1.82) is 0 Å². The number of hydrogen-bond donors (Lipinski definition) is 0. The Morgan fingerprint density at radius 3 is 2.64 bits per heavy atom. The molecule has 0 N–H and O–H groups in total. The van der Waals surface area contributed by atoms with Gasteiger partial charge in [-0.2, -0.15) is 0 Å². The molecule has 2 aromatic rings. The number of fused-ring (bicyclic) bond motifs is 1. The zero-order valence-electron chi connectivity index (χ0n) is 6.12. The minimum atomic E-state index is 0.823. The Kier molecular flexibility index (Phi) is 1.35. The molecule has 0 bridgehead atoms. The van der Waals surface area contributed by atoms with Crippen molar-refractivity contribution in [3.05, 3.63) is 49.1 Å². The van der Waals surface area contributed by atoms with Crippen LogP contribution in [0.3, 0.4) is 0 Å². The average Bonchev–Trinajstić information content (AvgIpc) is 2.04. The van der Waals surface area contributed by atoms with Crippen molar-refractivity contribution in [3.8, 4) is 0 Å². The molecule has 1 aromatic carbocycles. The van der Waals surface area contributed by atoms with Crippen molar-refractivity contribution in [2.75, 3.05) is 0 Å². The maximum absolute atomic E-state index is 4.10. The average molecular weight is 142 g/mol. The summed E-state index contributed by atoms with van der Waals surface area (Å²) in [7, 11) is 0. The molecule has 11 heavy (non-hydrogen) atoms. The number of hydrogen-bond acceptors (Lipinski definition) is 1. The van der Waals surface area contributed by atoms with E-state index in [0.29, 0.717) is 0 Å². The normalized spacial score (nSPS) is 10.3. The first-order chi connectivity index (χ1) is 5.36. The Hall–Kier alpha value is -1.37. The molecule has 1 heterocycles. The third-order valence-electron chi connectivity index (χ3n) is 1.69. The van der Waals surface area contributed by atoms with Crippen molar-refractivity contribution in [2.45, 2.75) is 0 Å². The van der Waals surface area contributed by atoms with Gasteiger partial charge in [0, 0.05) is 17.3 Å². The van der Waals surface area contributed by atoms with Crippen molar-refractivity contribution < 1.29 is 0 Å². The first-order valence-corrected chi connectivity index (χ1v) is 3.53. The highest BCUT2D eigenvalue weighted by Crippen LogP contribution is 2.12. The Bertz CT molecular complexity index is 379. The fourth-order valence-corrected chi connectivity index (χ4v) is 1.13. The predicted molar refractivity (Wildman–Crippen MR) is 46.2 cm³/mol. The Morgan fingerprint density at radius 2 is 1.82 bits per heavy atom. The first-order valence-electron chi connectivity index (χ1n) is 3.53. The number of aromatic nitrogens is 1. The van der Waals surface area contributed by atoms with E-state index < -0.39 is 0 Å². The van der Waals surface area contributed by atoms with Gasteiger partial charge in [0.25, 0.3) is 0 Å². The summed E-state index contributed by atoms with van der Waals surface area (Å²) in [6, 6.07) is 10.1. The lowest BCUT2D eigenvalue weighted by molar-refractivity contribution is 1.30. The van der Waals surface area contributed by atoms with E-state index in [0.717, 1.165) is 5.69 Å². The molecule has 1 heteroatoms. The maximum Gasteiger partial charge on any atom is 0.0413 e. The standard InChI is InChI=1S/C10H8N/c1-8-6-9-4-2-3-5-10(9)7-11-8/h2-7H,1H2. The molecule has 0 atom stereocenters. The molecule has 0 saturated heterocycles. The van der Waals surface area contributed by atoms with Crippen LogP contribution in [0.5, 0.6) is 0 Å². The lowest BCUT2D eigenvalue weighted by Crippen LogP contribution is -1.79. The summed E-state index contributed by atoms with van der Waals surface area (Å²) in [5.74, 6) is 0. The van der Waals surface area contributed by atoms with E-state index >= 15 is 0 Å². The minimum absolute atomic E-state index is 0.823. The van der Waals surface area contributed by atoms with Crippen LogP contribution in [-0.2, 0) is 0 Å². The van der Waals surface area contributed by atoms with E-state index in [-0.39, 0.29) is 0 Å². The molecule has 0 unspecified atom stereocenters. The topological polar surface area (TPSA) is 12.9 Å². The summed E-state index contributed by atoms with van der Waals surface area (Å²) in [6.07, 6.45) is 1.84. The van der Waals surface area contributed by atoms with Gasteiger partial charge in [0.05, 0.1) is 0 Å². The lowest BCUT2D eigenvalue weighted by Gasteiger charge is -1.96. The van der Waals surface area contributed by atoms with E-state index in [1.54, 1.807) is 0 Å². The van der Waals surface area contributed by atoms with Gasteiger partial charge in [-0.05, 0) is 18.4 Å². The van der Waals surface area contributed by atoms with Crippen molar-refractivity contribution in [1.82, 2.24) is 4.98 Å². The summed E-state index contributed by atoms with van der Waals surface area (Å²) in [4.78, 5) is 4.10. The fourth-order valence-electron chi connectivity index (χ4n) is 1.13. The van der Waals surface area contributed by atoms with Crippen molar-refractivity contribution in [2.24, 2.45) is 0 Å². The molecule has 0 saturated carbocycles. The molecule has 1 aromatic heterocycles. The molecule has 0 fully saturated rings. The van der Waals surface area contributed by atoms with Gasteiger partial charge in [0.15, 0.2) is 0 Å². The molecule has 0 aliphatic carbocycles. The van der Waals surface area contributed by atoms with Crippen molar-refractivity contribution >= 4 is 10.8 Å². The van der Waals surface area contributed by atoms with Crippen LogP contribution in [-0.4, -0.2) is 4.98 Å². The number of benzene rings is 1. The van der Waals surface area contributed by atoms with E-state index in [4.69, 9.17) is 0 Å². The Morgan fingerprint density at radius 1 is 1.09 bits per heavy atom. The van der Waals surface area contributed by atoms with Gasteiger partial charge in [-0.3, -0.25) is 4.98 Å². The molecule has 0 amide bonds. The molecule has 1 nitrogen and oxygen atoms in total. The van der Waals surface area contributed by atoms with Gasteiger partial charge >= 0.3 is 0 Å². The summed E-state index contributed by atoms with van der Waals surface area (Å²) in [5, 5.41) is 2.37. The second-order valence-electron chi connectivity index (χ2n) is 2.52. The SMILES string of the molecule is [CH2]c1cc2ccccc2cn1. The van der Waals surface area contributed by atoms with Gasteiger partial charge < -0.3 is 0 Å². The van der Waals surface area contributed by atoms with Gasteiger partial charge in [-0.1, -0.05) is 24.3 Å². The zero-order valence-corrected chi connectivity index (χ0v) is 6.12. The smallest absolute Gasteiger partial charge is 0.0413 e. The highest BCUT2D eigenvalue weighted by molar-refractivity contribution is 5.81. The molecule has 1 radical (unpaired) electrons. The summed E-state index contributed by atoms with van der Waals surface area (Å²) >= 11 is 0. The van der Waals surface area contributed by atoms with Crippen LogP contribution in [0.2, 0.25) is 0 Å².